The molecule has 1 aliphatic heterocycles. The summed E-state index contributed by atoms with van der Waals surface area (Å²) in [6, 6.07) is 6.57. The first-order valence-electron chi connectivity index (χ1n) is 9.20. The third-order valence-corrected chi connectivity index (χ3v) is 5.21. The van der Waals surface area contributed by atoms with Crippen LogP contribution >= 0.6 is 0 Å². The molecule has 142 valence electrons. The van der Waals surface area contributed by atoms with Crippen LogP contribution in [0.3, 0.4) is 0 Å². The molecule has 1 saturated heterocycles. The van der Waals surface area contributed by atoms with E-state index >= 15 is 0 Å². The van der Waals surface area contributed by atoms with Crippen molar-refractivity contribution in [3.8, 4) is 5.75 Å². The number of hydrogen-bond donors (Lipinski definition) is 2. The van der Waals surface area contributed by atoms with E-state index in [0.717, 1.165) is 25.4 Å². The van der Waals surface area contributed by atoms with Crippen molar-refractivity contribution in [3.63, 3.8) is 0 Å². The molecule has 6 nitrogen and oxygen atoms in total. The molecule has 2 heterocycles. The van der Waals surface area contributed by atoms with Crippen LogP contribution in [0.5, 0.6) is 5.75 Å². The molecule has 1 aliphatic rings. The van der Waals surface area contributed by atoms with Gasteiger partial charge in [-0.1, -0.05) is 0 Å². The number of ether oxygens (including phenoxy) is 1. The smallest absolute Gasteiger partial charge is 0.217 e. The molecule has 6 heteroatoms. The van der Waals surface area contributed by atoms with Crippen LogP contribution in [0.4, 0.5) is 0 Å². The molecular formula is C20H29N3O3. The zero-order chi connectivity index (χ0) is 18.8. The van der Waals surface area contributed by atoms with Gasteiger partial charge < -0.3 is 19.7 Å². The van der Waals surface area contributed by atoms with Crippen LogP contribution in [-0.2, 0) is 11.3 Å². The number of carbonyl (C=O) groups is 1. The van der Waals surface area contributed by atoms with Crippen LogP contribution < -0.4 is 10.1 Å². The van der Waals surface area contributed by atoms with Crippen molar-refractivity contribution in [2.24, 2.45) is 5.92 Å². The Morgan fingerprint density at radius 1 is 1.38 bits per heavy atom. The number of amides is 1. The highest BCUT2D eigenvalue weighted by Crippen LogP contribution is 2.30. The van der Waals surface area contributed by atoms with Gasteiger partial charge in [0.1, 0.15) is 5.75 Å². The zero-order valence-electron chi connectivity index (χ0n) is 16.0. The lowest BCUT2D eigenvalue weighted by Crippen LogP contribution is -2.40. The monoisotopic (exact) mass is 359 g/mol. The predicted octanol–water partition coefficient (Wildman–Crippen LogP) is 2.16. The lowest BCUT2D eigenvalue weighted by molar-refractivity contribution is -0.119. The van der Waals surface area contributed by atoms with Gasteiger partial charge in [-0.25, -0.2) is 0 Å². The van der Waals surface area contributed by atoms with Gasteiger partial charge in [0, 0.05) is 68.3 Å². The molecule has 0 radical (unpaired) electrons. The Morgan fingerprint density at radius 2 is 2.15 bits per heavy atom. The van der Waals surface area contributed by atoms with E-state index in [9.17, 15) is 9.90 Å². The van der Waals surface area contributed by atoms with Gasteiger partial charge in [-0.2, -0.15) is 0 Å². The number of fused-ring (bicyclic) bond motifs is 1. The van der Waals surface area contributed by atoms with Gasteiger partial charge in [0.25, 0.3) is 0 Å². The van der Waals surface area contributed by atoms with E-state index in [1.54, 1.807) is 7.11 Å². The van der Waals surface area contributed by atoms with Crippen LogP contribution in [-0.4, -0.2) is 53.3 Å². The minimum Gasteiger partial charge on any atom is -0.497 e. The van der Waals surface area contributed by atoms with Crippen LogP contribution in [0, 0.1) is 5.92 Å². The number of aromatic nitrogens is 1. The molecule has 0 spiro atoms. The highest BCUT2D eigenvalue weighted by atomic mass is 16.5. The fourth-order valence-corrected chi connectivity index (χ4v) is 3.92. The van der Waals surface area contributed by atoms with Crippen LogP contribution in [0.25, 0.3) is 10.9 Å². The van der Waals surface area contributed by atoms with Gasteiger partial charge in [-0.05, 0) is 37.6 Å². The zero-order valence-corrected chi connectivity index (χ0v) is 16.0. The maximum absolute atomic E-state index is 11.4. The van der Waals surface area contributed by atoms with E-state index in [2.05, 4.69) is 47.0 Å². The number of nitrogens with one attached hydrogen (secondary N) is 1. The second-order valence-corrected chi connectivity index (χ2v) is 7.48. The second kappa shape index (κ2) is 7.68. The summed E-state index contributed by atoms with van der Waals surface area (Å²) >= 11 is 0. The molecular weight excluding hydrogens is 330 g/mol. The standard InChI is InChI=1S/C20H29N3O3/c1-13(2)23-10-15(18-7-17(26-4)5-6-20(18)23)8-22-9-16(12-24)19(11-22)21-14(3)25/h5-7,10,13,16,19,24H,8-9,11-12H2,1-4H3,(H,21,25)/t16-,19+/m0/s1. The van der Waals surface area contributed by atoms with E-state index in [1.807, 2.05) is 6.07 Å². The van der Waals surface area contributed by atoms with Crippen molar-refractivity contribution >= 4 is 16.8 Å². The summed E-state index contributed by atoms with van der Waals surface area (Å²) in [5.41, 5.74) is 2.44. The van der Waals surface area contributed by atoms with E-state index in [1.165, 1.54) is 23.4 Å². The predicted molar refractivity (Wildman–Crippen MR) is 102 cm³/mol. The normalized spacial score (nSPS) is 20.8. The van der Waals surface area contributed by atoms with E-state index in [4.69, 9.17) is 4.74 Å². The molecule has 2 atom stereocenters. The molecule has 2 N–H and O–H groups in total. The van der Waals surface area contributed by atoms with Gasteiger partial charge in [0.15, 0.2) is 0 Å². The Labute approximate surface area is 154 Å². The van der Waals surface area contributed by atoms with Crippen molar-refractivity contribution in [2.75, 3.05) is 26.8 Å². The summed E-state index contributed by atoms with van der Waals surface area (Å²) in [5, 5.41) is 13.8. The third-order valence-electron chi connectivity index (χ3n) is 5.21. The third kappa shape index (κ3) is 3.71. The second-order valence-electron chi connectivity index (χ2n) is 7.48. The first-order valence-corrected chi connectivity index (χ1v) is 9.20. The van der Waals surface area contributed by atoms with Gasteiger partial charge in [0.05, 0.1) is 7.11 Å². The molecule has 2 aromatic rings. The Morgan fingerprint density at radius 3 is 2.77 bits per heavy atom. The summed E-state index contributed by atoms with van der Waals surface area (Å²) < 4.78 is 7.70. The lowest BCUT2D eigenvalue weighted by atomic mass is 10.1. The summed E-state index contributed by atoms with van der Waals surface area (Å²) in [6.07, 6.45) is 2.22. The topological polar surface area (TPSA) is 66.7 Å². The van der Waals surface area contributed by atoms with E-state index in [0.29, 0.717) is 6.04 Å². The first kappa shape index (κ1) is 18.7. The van der Waals surface area contributed by atoms with Crippen molar-refractivity contribution < 1.29 is 14.6 Å². The molecule has 26 heavy (non-hydrogen) atoms. The van der Waals surface area contributed by atoms with Gasteiger partial charge in [-0.15, -0.1) is 0 Å². The Balaban J connectivity index is 1.87. The summed E-state index contributed by atoms with van der Waals surface area (Å²) in [6.45, 7) is 8.29. The highest BCUT2D eigenvalue weighted by Gasteiger charge is 2.33. The molecule has 0 aliphatic carbocycles. The number of hydrogen-bond acceptors (Lipinski definition) is 4. The average molecular weight is 359 g/mol. The van der Waals surface area contributed by atoms with Crippen molar-refractivity contribution in [1.82, 2.24) is 14.8 Å². The summed E-state index contributed by atoms with van der Waals surface area (Å²) in [5.74, 6) is 0.884. The average Bonchev–Trinajstić information content (AvgIpc) is 3.15. The molecule has 1 aromatic heterocycles. The quantitative estimate of drug-likeness (QED) is 0.829. The van der Waals surface area contributed by atoms with Crippen LogP contribution in [0.2, 0.25) is 0 Å². The van der Waals surface area contributed by atoms with E-state index < -0.39 is 0 Å². The van der Waals surface area contributed by atoms with Crippen LogP contribution in [0.15, 0.2) is 24.4 Å². The number of aliphatic hydroxyl groups excluding tert-OH is 1. The minimum absolute atomic E-state index is 0.00508. The maximum atomic E-state index is 11.4. The fraction of sp³-hybridized carbons (Fsp3) is 0.550. The molecule has 0 unspecified atom stereocenters. The Hall–Kier alpha value is -2.05. The number of benzene rings is 1. The first-order chi connectivity index (χ1) is 12.4. The lowest BCUT2D eigenvalue weighted by Gasteiger charge is -2.16. The Bertz CT molecular complexity index is 784. The van der Waals surface area contributed by atoms with Crippen molar-refractivity contribution in [3.05, 3.63) is 30.0 Å². The summed E-state index contributed by atoms with van der Waals surface area (Å²) in [7, 11) is 1.69. The SMILES string of the molecule is COc1ccc2c(c1)c(CN1C[C@@H](CO)[C@H](NC(C)=O)C1)cn2C(C)C. The largest absolute Gasteiger partial charge is 0.497 e. The highest BCUT2D eigenvalue weighted by molar-refractivity contribution is 5.85. The maximum Gasteiger partial charge on any atom is 0.217 e. The van der Waals surface area contributed by atoms with Crippen molar-refractivity contribution in [2.45, 2.75) is 39.4 Å². The fourth-order valence-electron chi connectivity index (χ4n) is 3.92. The number of likely N-dealkylation sites (tertiary alicyclic amines) is 1. The molecule has 1 amide bonds. The van der Waals surface area contributed by atoms with E-state index in [-0.39, 0.29) is 24.5 Å². The molecule has 0 saturated carbocycles. The Kier molecular flexibility index (Phi) is 5.53. The minimum atomic E-state index is -0.0450. The van der Waals surface area contributed by atoms with Gasteiger partial charge in [-0.3, -0.25) is 9.69 Å². The molecule has 1 fully saturated rings. The van der Waals surface area contributed by atoms with Crippen LogP contribution in [0.1, 0.15) is 32.4 Å². The van der Waals surface area contributed by atoms with Gasteiger partial charge >= 0.3 is 0 Å². The number of carbonyl (C=O) groups excluding carboxylic acids is 1. The summed E-state index contributed by atoms with van der Waals surface area (Å²) in [4.78, 5) is 13.7. The van der Waals surface area contributed by atoms with Crippen molar-refractivity contribution in [1.29, 1.82) is 0 Å². The number of methoxy groups -OCH3 is 1. The number of rotatable bonds is 6. The number of nitrogens with zero attached hydrogens (tertiary/aromatic N) is 2. The molecule has 3 rings (SSSR count). The molecule has 0 bridgehead atoms. The molecule has 1 aromatic carbocycles. The number of aliphatic hydroxyl groups is 1. The van der Waals surface area contributed by atoms with Gasteiger partial charge in [0.2, 0.25) is 5.91 Å².